The van der Waals surface area contributed by atoms with Crippen LogP contribution in [0.15, 0.2) is 82.0 Å². The van der Waals surface area contributed by atoms with Gasteiger partial charge < -0.3 is 13.9 Å². The molecule has 0 saturated heterocycles. The van der Waals surface area contributed by atoms with Crippen LogP contribution >= 0.6 is 11.6 Å². The molecule has 5 heteroatoms. The van der Waals surface area contributed by atoms with Crippen LogP contribution < -0.4 is 15.1 Å². The fourth-order valence-electron chi connectivity index (χ4n) is 4.43. The molecule has 1 aromatic heterocycles. The largest absolute Gasteiger partial charge is 0.448 e. The SMILES string of the molecule is O=c1oc2ccccc2c2c1C1CC(c3ccc(Cl)cc3)(Oc3ccccc31)O2. The van der Waals surface area contributed by atoms with Crippen molar-refractivity contribution >= 4 is 22.6 Å². The summed E-state index contributed by atoms with van der Waals surface area (Å²) in [6.45, 7) is 0. The maximum atomic E-state index is 13.0. The van der Waals surface area contributed by atoms with Gasteiger partial charge in [-0.2, -0.15) is 0 Å². The van der Waals surface area contributed by atoms with Gasteiger partial charge in [0.2, 0.25) is 0 Å². The molecule has 0 aliphatic carbocycles. The Morgan fingerprint density at radius 3 is 2.52 bits per heavy atom. The van der Waals surface area contributed by atoms with Crippen molar-refractivity contribution in [2.45, 2.75) is 18.1 Å². The third-order valence-corrected chi connectivity index (χ3v) is 5.99. The fraction of sp³-hybridized carbons (Fsp3) is 0.125. The Morgan fingerprint density at radius 1 is 0.897 bits per heavy atom. The highest BCUT2D eigenvalue weighted by Crippen LogP contribution is 2.55. The minimum atomic E-state index is -1.05. The van der Waals surface area contributed by atoms with Gasteiger partial charge in [-0.3, -0.25) is 0 Å². The summed E-state index contributed by atoms with van der Waals surface area (Å²) in [4.78, 5) is 13.0. The molecule has 3 heterocycles. The van der Waals surface area contributed by atoms with Crippen LogP contribution in [0.1, 0.15) is 29.0 Å². The Labute approximate surface area is 171 Å². The van der Waals surface area contributed by atoms with Gasteiger partial charge in [0.25, 0.3) is 5.79 Å². The first-order valence-corrected chi connectivity index (χ1v) is 9.81. The number of ether oxygens (including phenoxy) is 2. The topological polar surface area (TPSA) is 48.7 Å². The summed E-state index contributed by atoms with van der Waals surface area (Å²) < 4.78 is 18.6. The van der Waals surface area contributed by atoms with E-state index in [4.69, 9.17) is 25.5 Å². The van der Waals surface area contributed by atoms with Crippen molar-refractivity contribution in [2.24, 2.45) is 0 Å². The standard InChI is InChI=1S/C24H15ClO4/c25-15-11-9-14(10-12-15)24-13-18(16-5-1-4-8-20(16)28-24)21-22(29-24)17-6-2-3-7-19(17)27-23(21)26/h1-12,18H,13H2. The molecule has 2 bridgehead atoms. The van der Waals surface area contributed by atoms with E-state index in [1.165, 1.54) is 0 Å². The minimum Gasteiger partial charge on any atom is -0.448 e. The Hall–Kier alpha value is -3.24. The number of hydrogen-bond donors (Lipinski definition) is 0. The molecule has 0 N–H and O–H groups in total. The zero-order valence-electron chi connectivity index (χ0n) is 15.2. The molecular weight excluding hydrogens is 388 g/mol. The van der Waals surface area contributed by atoms with Crippen LogP contribution in [0.3, 0.4) is 0 Å². The van der Waals surface area contributed by atoms with Gasteiger partial charge in [0.05, 0.1) is 10.9 Å². The lowest BCUT2D eigenvalue weighted by molar-refractivity contribution is -0.148. The van der Waals surface area contributed by atoms with Crippen LogP contribution in [0.4, 0.5) is 0 Å². The van der Waals surface area contributed by atoms with E-state index in [1.54, 1.807) is 6.07 Å². The number of benzene rings is 3. The van der Waals surface area contributed by atoms with Crippen LogP contribution in [0.25, 0.3) is 11.0 Å². The molecule has 2 unspecified atom stereocenters. The van der Waals surface area contributed by atoms with Crippen LogP contribution in [0.5, 0.6) is 11.5 Å². The van der Waals surface area contributed by atoms with Gasteiger partial charge in [0, 0.05) is 28.5 Å². The second kappa shape index (κ2) is 5.88. The molecule has 2 atom stereocenters. The van der Waals surface area contributed by atoms with E-state index >= 15 is 0 Å². The van der Waals surface area contributed by atoms with Crippen LogP contribution in [0, 0.1) is 0 Å². The zero-order valence-corrected chi connectivity index (χ0v) is 16.0. The van der Waals surface area contributed by atoms with E-state index in [-0.39, 0.29) is 11.5 Å². The molecule has 6 rings (SSSR count). The highest BCUT2D eigenvalue weighted by Gasteiger charge is 2.51. The lowest BCUT2D eigenvalue weighted by Crippen LogP contribution is -2.48. The van der Waals surface area contributed by atoms with Crippen LogP contribution in [-0.4, -0.2) is 0 Å². The summed E-state index contributed by atoms with van der Waals surface area (Å²) in [7, 11) is 0. The molecule has 0 fully saturated rings. The van der Waals surface area contributed by atoms with E-state index in [1.807, 2.05) is 66.7 Å². The third-order valence-electron chi connectivity index (χ3n) is 5.74. The molecule has 142 valence electrons. The van der Waals surface area contributed by atoms with E-state index in [0.29, 0.717) is 34.1 Å². The van der Waals surface area contributed by atoms with E-state index in [0.717, 1.165) is 16.5 Å². The Bertz CT molecular complexity index is 1330. The molecular formula is C24H15ClO4. The zero-order chi connectivity index (χ0) is 19.6. The summed E-state index contributed by atoms with van der Waals surface area (Å²) in [6.07, 6.45) is 0.474. The minimum absolute atomic E-state index is 0.194. The van der Waals surface area contributed by atoms with Crippen molar-refractivity contribution in [3.05, 3.63) is 105 Å². The first-order chi connectivity index (χ1) is 14.1. The molecule has 4 nitrogen and oxygen atoms in total. The van der Waals surface area contributed by atoms with Gasteiger partial charge in [-0.25, -0.2) is 4.79 Å². The second-order valence-electron chi connectivity index (χ2n) is 7.39. The molecule has 0 radical (unpaired) electrons. The Morgan fingerprint density at radius 2 is 1.66 bits per heavy atom. The molecule has 0 spiro atoms. The fourth-order valence-corrected chi connectivity index (χ4v) is 4.56. The van der Waals surface area contributed by atoms with Crippen molar-refractivity contribution in [1.29, 1.82) is 0 Å². The van der Waals surface area contributed by atoms with Crippen LogP contribution in [0.2, 0.25) is 5.02 Å². The van der Waals surface area contributed by atoms with Crippen molar-refractivity contribution in [3.8, 4) is 11.5 Å². The van der Waals surface area contributed by atoms with Gasteiger partial charge in [-0.15, -0.1) is 0 Å². The predicted molar refractivity (Wildman–Crippen MR) is 110 cm³/mol. The monoisotopic (exact) mass is 402 g/mol. The smallest absolute Gasteiger partial charge is 0.343 e. The average molecular weight is 403 g/mol. The summed E-state index contributed by atoms with van der Waals surface area (Å²) in [5.41, 5.74) is 2.48. The maximum absolute atomic E-state index is 13.0. The molecule has 3 aromatic carbocycles. The Balaban J connectivity index is 1.69. The summed E-state index contributed by atoms with van der Waals surface area (Å²) >= 11 is 6.11. The third kappa shape index (κ3) is 2.36. The normalized spacial score (nSPS) is 21.6. The van der Waals surface area contributed by atoms with Gasteiger partial charge in [0.15, 0.2) is 0 Å². The number of fused-ring (bicyclic) bond motifs is 8. The molecule has 2 aliphatic heterocycles. The van der Waals surface area contributed by atoms with Crippen molar-refractivity contribution in [2.75, 3.05) is 0 Å². The molecule has 0 amide bonds. The lowest BCUT2D eigenvalue weighted by Gasteiger charge is -2.46. The number of para-hydroxylation sites is 2. The van der Waals surface area contributed by atoms with Gasteiger partial charge in [-0.1, -0.05) is 41.9 Å². The molecule has 2 aliphatic rings. The summed E-state index contributed by atoms with van der Waals surface area (Å²) in [6, 6.07) is 22.6. The van der Waals surface area contributed by atoms with E-state index < -0.39 is 5.79 Å². The van der Waals surface area contributed by atoms with Gasteiger partial charge in [0.1, 0.15) is 17.1 Å². The first kappa shape index (κ1) is 16.7. The van der Waals surface area contributed by atoms with Gasteiger partial charge >= 0.3 is 5.63 Å². The first-order valence-electron chi connectivity index (χ1n) is 9.43. The lowest BCUT2D eigenvalue weighted by atomic mass is 9.78. The molecule has 4 aromatic rings. The molecule has 0 saturated carbocycles. The predicted octanol–water partition coefficient (Wildman–Crippen LogP) is 5.61. The van der Waals surface area contributed by atoms with Crippen molar-refractivity contribution < 1.29 is 13.9 Å². The Kier molecular flexibility index (Phi) is 3.38. The van der Waals surface area contributed by atoms with Gasteiger partial charge in [-0.05, 0) is 42.5 Å². The second-order valence-corrected chi connectivity index (χ2v) is 7.82. The number of rotatable bonds is 1. The maximum Gasteiger partial charge on any atom is 0.343 e. The average Bonchev–Trinajstić information content (AvgIpc) is 2.74. The van der Waals surface area contributed by atoms with E-state index in [9.17, 15) is 4.79 Å². The quantitative estimate of drug-likeness (QED) is 0.388. The summed E-state index contributed by atoms with van der Waals surface area (Å²) in [5, 5.41) is 1.40. The van der Waals surface area contributed by atoms with Crippen molar-refractivity contribution in [1.82, 2.24) is 0 Å². The molecule has 29 heavy (non-hydrogen) atoms. The highest BCUT2D eigenvalue weighted by atomic mass is 35.5. The van der Waals surface area contributed by atoms with Crippen LogP contribution in [-0.2, 0) is 5.79 Å². The number of hydrogen-bond acceptors (Lipinski definition) is 4. The summed E-state index contributed by atoms with van der Waals surface area (Å²) in [5.74, 6) is -0.0117. The van der Waals surface area contributed by atoms with Crippen molar-refractivity contribution in [3.63, 3.8) is 0 Å². The highest BCUT2D eigenvalue weighted by molar-refractivity contribution is 6.30. The number of halogens is 1. The van der Waals surface area contributed by atoms with E-state index in [2.05, 4.69) is 0 Å².